The number of nitrogens with zero attached hydrogens (tertiary/aromatic N) is 1. The number of aromatic nitrogens is 1. The van der Waals surface area contributed by atoms with Gasteiger partial charge in [0.2, 0.25) is 5.89 Å². The van der Waals surface area contributed by atoms with Crippen molar-refractivity contribution in [1.82, 2.24) is 4.98 Å². The van der Waals surface area contributed by atoms with Crippen LogP contribution in [0.1, 0.15) is 5.69 Å². The molecule has 2 aromatic carbocycles. The van der Waals surface area contributed by atoms with Crippen LogP contribution in [0.25, 0.3) is 11.5 Å². The summed E-state index contributed by atoms with van der Waals surface area (Å²) in [5.74, 6) is 0.880. The van der Waals surface area contributed by atoms with Gasteiger partial charge < -0.3 is 9.52 Å². The van der Waals surface area contributed by atoms with Gasteiger partial charge in [0.05, 0.1) is 5.69 Å². The number of phenols is 1. The van der Waals surface area contributed by atoms with Gasteiger partial charge in [-0.05, 0) is 30.3 Å². The summed E-state index contributed by atoms with van der Waals surface area (Å²) >= 11 is 1.47. The molecule has 3 rings (SSSR count). The van der Waals surface area contributed by atoms with E-state index in [0.29, 0.717) is 17.2 Å². The van der Waals surface area contributed by atoms with Gasteiger partial charge in [-0.25, -0.2) is 9.37 Å². The quantitative estimate of drug-likeness (QED) is 0.722. The lowest BCUT2D eigenvalue weighted by Crippen LogP contribution is -1.83. The third-order valence-corrected chi connectivity index (χ3v) is 3.96. The van der Waals surface area contributed by atoms with E-state index >= 15 is 0 Å². The van der Waals surface area contributed by atoms with Crippen LogP contribution in [0.15, 0.2) is 64.1 Å². The van der Waals surface area contributed by atoms with E-state index in [4.69, 9.17) is 4.42 Å². The van der Waals surface area contributed by atoms with E-state index in [9.17, 15) is 9.50 Å². The number of aromatic hydroxyl groups is 1. The molecule has 0 radical (unpaired) electrons. The topological polar surface area (TPSA) is 46.3 Å². The van der Waals surface area contributed by atoms with Crippen LogP contribution in [0.2, 0.25) is 0 Å². The summed E-state index contributed by atoms with van der Waals surface area (Å²) in [5.41, 5.74) is 1.34. The van der Waals surface area contributed by atoms with Gasteiger partial charge in [0.15, 0.2) is 0 Å². The molecule has 0 unspecified atom stereocenters. The first-order valence-electron chi connectivity index (χ1n) is 6.33. The van der Waals surface area contributed by atoms with Crippen molar-refractivity contribution in [2.24, 2.45) is 0 Å². The average Bonchev–Trinajstić information content (AvgIpc) is 2.95. The number of phenolic OH excluding ortho intramolecular Hbond substituents is 1. The van der Waals surface area contributed by atoms with Crippen LogP contribution in [-0.2, 0) is 5.75 Å². The Balaban J connectivity index is 1.72. The number of hydrogen-bond donors (Lipinski definition) is 1. The van der Waals surface area contributed by atoms with Gasteiger partial charge in [0.1, 0.15) is 17.8 Å². The largest absolute Gasteiger partial charge is 0.507 e. The van der Waals surface area contributed by atoms with Crippen molar-refractivity contribution in [2.45, 2.75) is 10.6 Å². The smallest absolute Gasteiger partial charge is 0.226 e. The fourth-order valence-corrected chi connectivity index (χ4v) is 2.68. The summed E-state index contributed by atoms with van der Waals surface area (Å²) in [6, 6.07) is 13.2. The number of hydrogen-bond acceptors (Lipinski definition) is 4. The Morgan fingerprint density at radius 1 is 1.14 bits per heavy atom. The maximum Gasteiger partial charge on any atom is 0.226 e. The molecule has 0 aliphatic carbocycles. The van der Waals surface area contributed by atoms with E-state index < -0.39 is 0 Å². The standard InChI is InChI=1S/C16H12FNO2S/c17-12-5-3-4-11(8-12)16-18-13(9-20-16)10-21-15-7-2-1-6-14(15)19/h1-9,19H,10H2. The van der Waals surface area contributed by atoms with Crippen molar-refractivity contribution >= 4 is 11.8 Å². The number of oxazole rings is 1. The Hall–Kier alpha value is -2.27. The van der Waals surface area contributed by atoms with Crippen molar-refractivity contribution in [3.8, 4) is 17.2 Å². The highest BCUT2D eigenvalue weighted by molar-refractivity contribution is 7.98. The van der Waals surface area contributed by atoms with E-state index in [1.807, 2.05) is 12.1 Å². The molecule has 0 aliphatic heterocycles. The van der Waals surface area contributed by atoms with Crippen molar-refractivity contribution in [3.63, 3.8) is 0 Å². The maximum absolute atomic E-state index is 13.2. The molecule has 0 spiro atoms. The monoisotopic (exact) mass is 301 g/mol. The molecule has 5 heteroatoms. The van der Waals surface area contributed by atoms with Crippen LogP contribution in [0, 0.1) is 5.82 Å². The first-order valence-corrected chi connectivity index (χ1v) is 7.32. The number of para-hydroxylation sites is 1. The van der Waals surface area contributed by atoms with Crippen LogP contribution in [0.5, 0.6) is 5.75 Å². The first kappa shape index (κ1) is 13.7. The number of thioether (sulfide) groups is 1. The summed E-state index contributed by atoms with van der Waals surface area (Å²) in [4.78, 5) is 5.12. The number of halogens is 1. The zero-order chi connectivity index (χ0) is 14.7. The molecular weight excluding hydrogens is 289 g/mol. The SMILES string of the molecule is Oc1ccccc1SCc1coc(-c2cccc(F)c2)n1. The Bertz CT molecular complexity index is 757. The highest BCUT2D eigenvalue weighted by atomic mass is 32.2. The van der Waals surface area contributed by atoms with Crippen LogP contribution in [0.4, 0.5) is 4.39 Å². The molecule has 3 nitrogen and oxygen atoms in total. The van der Waals surface area contributed by atoms with Gasteiger partial charge in [-0.1, -0.05) is 18.2 Å². The highest BCUT2D eigenvalue weighted by Gasteiger charge is 2.09. The lowest BCUT2D eigenvalue weighted by Gasteiger charge is -2.01. The molecule has 0 saturated carbocycles. The predicted octanol–water partition coefficient (Wildman–Crippen LogP) is 4.48. The van der Waals surface area contributed by atoms with Gasteiger partial charge in [-0.15, -0.1) is 11.8 Å². The molecule has 0 bridgehead atoms. The lowest BCUT2D eigenvalue weighted by atomic mass is 10.2. The molecule has 21 heavy (non-hydrogen) atoms. The van der Waals surface area contributed by atoms with Gasteiger partial charge >= 0.3 is 0 Å². The second-order valence-electron chi connectivity index (χ2n) is 4.41. The Kier molecular flexibility index (Phi) is 3.92. The van der Waals surface area contributed by atoms with Gasteiger partial charge in [0, 0.05) is 16.2 Å². The second kappa shape index (κ2) is 6.01. The van der Waals surface area contributed by atoms with Crippen LogP contribution in [0.3, 0.4) is 0 Å². The van der Waals surface area contributed by atoms with Crippen molar-refractivity contribution in [3.05, 3.63) is 66.3 Å². The highest BCUT2D eigenvalue weighted by Crippen LogP contribution is 2.30. The predicted molar refractivity (Wildman–Crippen MR) is 79.6 cm³/mol. The van der Waals surface area contributed by atoms with E-state index in [0.717, 1.165) is 10.6 Å². The normalized spacial score (nSPS) is 10.7. The fraction of sp³-hybridized carbons (Fsp3) is 0.0625. The molecule has 0 amide bonds. The molecule has 3 aromatic rings. The Morgan fingerprint density at radius 2 is 2.00 bits per heavy atom. The van der Waals surface area contributed by atoms with E-state index in [-0.39, 0.29) is 11.6 Å². The molecule has 1 aromatic heterocycles. The van der Waals surface area contributed by atoms with Crippen molar-refractivity contribution < 1.29 is 13.9 Å². The lowest BCUT2D eigenvalue weighted by molar-refractivity contribution is 0.462. The third kappa shape index (κ3) is 3.25. The Morgan fingerprint density at radius 3 is 2.81 bits per heavy atom. The van der Waals surface area contributed by atoms with Crippen molar-refractivity contribution in [1.29, 1.82) is 0 Å². The minimum atomic E-state index is -0.323. The molecule has 106 valence electrons. The Labute approximate surface area is 125 Å². The zero-order valence-corrected chi connectivity index (χ0v) is 11.8. The minimum absolute atomic E-state index is 0.247. The van der Waals surface area contributed by atoms with E-state index in [1.165, 1.54) is 23.9 Å². The summed E-state index contributed by atoms with van der Waals surface area (Å²) in [6.07, 6.45) is 1.55. The summed E-state index contributed by atoms with van der Waals surface area (Å²) in [5, 5.41) is 9.70. The third-order valence-electron chi connectivity index (χ3n) is 2.86. The molecule has 0 fully saturated rings. The minimum Gasteiger partial charge on any atom is -0.507 e. The average molecular weight is 301 g/mol. The number of rotatable bonds is 4. The van der Waals surface area contributed by atoms with Gasteiger partial charge in [-0.3, -0.25) is 0 Å². The molecule has 1 N–H and O–H groups in total. The first-order chi connectivity index (χ1) is 10.2. The molecular formula is C16H12FNO2S. The van der Waals surface area contributed by atoms with Crippen LogP contribution in [-0.4, -0.2) is 10.1 Å². The van der Waals surface area contributed by atoms with Gasteiger partial charge in [0.25, 0.3) is 0 Å². The molecule has 0 atom stereocenters. The second-order valence-corrected chi connectivity index (χ2v) is 5.43. The molecule has 1 heterocycles. The van der Waals surface area contributed by atoms with Gasteiger partial charge in [-0.2, -0.15) is 0 Å². The molecule has 0 saturated heterocycles. The van der Waals surface area contributed by atoms with E-state index in [2.05, 4.69) is 4.98 Å². The zero-order valence-electron chi connectivity index (χ0n) is 11.0. The maximum atomic E-state index is 13.2. The molecule has 0 aliphatic rings. The van der Waals surface area contributed by atoms with E-state index in [1.54, 1.807) is 30.5 Å². The summed E-state index contributed by atoms with van der Waals surface area (Å²) < 4.78 is 18.5. The fourth-order valence-electron chi connectivity index (χ4n) is 1.86. The summed E-state index contributed by atoms with van der Waals surface area (Å²) in [6.45, 7) is 0. The van der Waals surface area contributed by atoms with Crippen LogP contribution < -0.4 is 0 Å². The number of benzene rings is 2. The summed E-state index contributed by atoms with van der Waals surface area (Å²) in [7, 11) is 0. The van der Waals surface area contributed by atoms with Crippen LogP contribution >= 0.6 is 11.8 Å². The van der Waals surface area contributed by atoms with Crippen molar-refractivity contribution in [2.75, 3.05) is 0 Å².